The van der Waals surface area contributed by atoms with E-state index in [1.54, 1.807) is 0 Å². The van der Waals surface area contributed by atoms with Crippen LogP contribution in [0.3, 0.4) is 0 Å². The Balaban J connectivity index is 3.20. The molecule has 0 aliphatic heterocycles. The molecule has 0 aliphatic carbocycles. The third kappa shape index (κ3) is 3.52. The molecule has 0 heterocycles. The van der Waals surface area contributed by atoms with Crippen LogP contribution in [0.4, 0.5) is 18.9 Å². The molecule has 0 aliphatic rings. The zero-order chi connectivity index (χ0) is 13.9. The average Bonchev–Trinajstić information content (AvgIpc) is 2.27. The first-order valence-corrected chi connectivity index (χ1v) is 5.80. The topological polar surface area (TPSA) is 60.2 Å². The second-order valence-electron chi connectivity index (χ2n) is 3.46. The number of Topliss-reactive ketones (excluding diaryl/α,β-unsaturated/α-hetero) is 1. The molecule has 1 rings (SSSR count). The Morgan fingerprint density at radius 1 is 1.39 bits per heavy atom. The highest BCUT2D eigenvalue weighted by Crippen LogP contribution is 2.36. The van der Waals surface area contributed by atoms with Gasteiger partial charge in [0.2, 0.25) is 0 Å². The summed E-state index contributed by atoms with van der Waals surface area (Å²) in [4.78, 5) is 20.6. The second kappa shape index (κ2) is 5.47. The van der Waals surface area contributed by atoms with E-state index in [0.717, 1.165) is 12.1 Å². The van der Waals surface area contributed by atoms with Crippen molar-refractivity contribution in [3.05, 3.63) is 39.4 Å². The molecule has 1 aromatic carbocycles. The number of benzene rings is 1. The number of ketones is 1. The van der Waals surface area contributed by atoms with E-state index in [4.69, 9.17) is 0 Å². The first kappa shape index (κ1) is 14.6. The van der Waals surface area contributed by atoms with Crippen LogP contribution in [0.2, 0.25) is 0 Å². The van der Waals surface area contributed by atoms with Gasteiger partial charge in [0.05, 0.1) is 10.3 Å². The summed E-state index contributed by atoms with van der Waals surface area (Å²) in [6.45, 7) is 0. The van der Waals surface area contributed by atoms with E-state index >= 15 is 0 Å². The molecule has 0 amide bonds. The van der Waals surface area contributed by atoms with Gasteiger partial charge in [0.15, 0.2) is 0 Å². The van der Waals surface area contributed by atoms with Gasteiger partial charge in [-0.15, -0.1) is 0 Å². The molecule has 0 saturated heterocycles. The van der Waals surface area contributed by atoms with Crippen molar-refractivity contribution in [3.8, 4) is 0 Å². The molecule has 0 radical (unpaired) electrons. The fraction of sp³-hybridized carbons (Fsp3) is 0.300. The van der Waals surface area contributed by atoms with Crippen LogP contribution >= 0.6 is 15.9 Å². The predicted octanol–water partition coefficient (Wildman–Crippen LogP) is 3.12. The second-order valence-corrected chi connectivity index (χ2v) is 4.02. The number of carbonyl (C=O) groups is 1. The molecular weight excluding hydrogens is 319 g/mol. The van der Waals surface area contributed by atoms with Gasteiger partial charge in [-0.1, -0.05) is 22.0 Å². The number of alkyl halides is 4. The van der Waals surface area contributed by atoms with Crippen molar-refractivity contribution in [2.24, 2.45) is 0 Å². The molecule has 0 N–H and O–H groups in total. The lowest BCUT2D eigenvalue weighted by Gasteiger charge is -2.08. The fourth-order valence-corrected chi connectivity index (χ4v) is 1.55. The minimum atomic E-state index is -4.79. The van der Waals surface area contributed by atoms with Crippen molar-refractivity contribution in [3.63, 3.8) is 0 Å². The van der Waals surface area contributed by atoms with Crippen LogP contribution < -0.4 is 0 Å². The highest BCUT2D eigenvalue weighted by Gasteiger charge is 2.38. The lowest BCUT2D eigenvalue weighted by molar-refractivity contribution is -0.388. The van der Waals surface area contributed by atoms with E-state index in [0.29, 0.717) is 6.07 Å². The van der Waals surface area contributed by atoms with E-state index in [2.05, 4.69) is 15.9 Å². The molecule has 18 heavy (non-hydrogen) atoms. The molecule has 4 nitrogen and oxygen atoms in total. The van der Waals surface area contributed by atoms with Crippen molar-refractivity contribution in [2.45, 2.75) is 12.6 Å². The lowest BCUT2D eigenvalue weighted by atomic mass is 10.0. The summed E-state index contributed by atoms with van der Waals surface area (Å²) in [7, 11) is 0. The number of nitrogens with zero attached hydrogens (tertiary/aromatic N) is 1. The summed E-state index contributed by atoms with van der Waals surface area (Å²) in [5.74, 6) is -0.274. The predicted molar refractivity (Wildman–Crippen MR) is 60.6 cm³/mol. The van der Waals surface area contributed by atoms with Crippen LogP contribution in [-0.2, 0) is 17.4 Å². The van der Waals surface area contributed by atoms with Crippen molar-refractivity contribution in [1.29, 1.82) is 0 Å². The largest absolute Gasteiger partial charge is 0.422 e. The van der Waals surface area contributed by atoms with Gasteiger partial charge < -0.3 is 0 Å². The number of halogens is 4. The SMILES string of the molecule is O=C(CBr)Cc1ccc(C(F)(F)F)c([N+](=O)[O-])c1. The van der Waals surface area contributed by atoms with Crippen molar-refractivity contribution >= 4 is 27.4 Å². The molecule has 0 bridgehead atoms. The molecule has 98 valence electrons. The van der Waals surface area contributed by atoms with Crippen LogP contribution in [-0.4, -0.2) is 16.0 Å². The van der Waals surface area contributed by atoms with E-state index in [9.17, 15) is 28.1 Å². The van der Waals surface area contributed by atoms with Crippen molar-refractivity contribution < 1.29 is 22.9 Å². The third-order valence-electron chi connectivity index (χ3n) is 2.11. The number of nitro groups is 1. The zero-order valence-electron chi connectivity index (χ0n) is 8.83. The number of rotatable bonds is 4. The summed E-state index contributed by atoms with van der Waals surface area (Å²) >= 11 is 2.90. The van der Waals surface area contributed by atoms with Crippen LogP contribution in [0.25, 0.3) is 0 Å². The number of nitro benzene ring substituents is 1. The zero-order valence-corrected chi connectivity index (χ0v) is 10.4. The van der Waals surface area contributed by atoms with Gasteiger partial charge in [0.25, 0.3) is 5.69 Å². The molecule has 0 saturated carbocycles. The molecular formula is C10H7BrF3NO3. The molecule has 8 heteroatoms. The van der Waals surface area contributed by atoms with Gasteiger partial charge in [-0.05, 0) is 11.6 Å². The molecule has 0 spiro atoms. The van der Waals surface area contributed by atoms with Gasteiger partial charge in [-0.3, -0.25) is 14.9 Å². The maximum atomic E-state index is 12.5. The Hall–Kier alpha value is -1.44. The van der Waals surface area contributed by atoms with Crippen LogP contribution in [0.15, 0.2) is 18.2 Å². The smallest absolute Gasteiger partial charge is 0.298 e. The highest BCUT2D eigenvalue weighted by atomic mass is 79.9. The summed E-state index contributed by atoms with van der Waals surface area (Å²) in [6.07, 6.45) is -4.94. The van der Waals surface area contributed by atoms with Crippen LogP contribution in [0, 0.1) is 10.1 Å². The summed E-state index contributed by atoms with van der Waals surface area (Å²) in [6, 6.07) is 2.47. The Morgan fingerprint density at radius 2 is 2.00 bits per heavy atom. The first-order valence-electron chi connectivity index (χ1n) is 4.68. The summed E-state index contributed by atoms with van der Waals surface area (Å²) < 4.78 is 37.5. The molecule has 0 aromatic heterocycles. The van der Waals surface area contributed by atoms with E-state index in [-0.39, 0.29) is 23.1 Å². The Morgan fingerprint density at radius 3 is 2.44 bits per heavy atom. The molecule has 0 fully saturated rings. The molecule has 1 aromatic rings. The van der Waals surface area contributed by atoms with Crippen LogP contribution in [0.5, 0.6) is 0 Å². The minimum absolute atomic E-state index is 0.0435. The van der Waals surface area contributed by atoms with Gasteiger partial charge in [-0.25, -0.2) is 0 Å². The van der Waals surface area contributed by atoms with Gasteiger partial charge in [-0.2, -0.15) is 13.2 Å². The minimum Gasteiger partial charge on any atom is -0.298 e. The van der Waals surface area contributed by atoms with Crippen LogP contribution in [0.1, 0.15) is 11.1 Å². The summed E-state index contributed by atoms with van der Waals surface area (Å²) in [5.41, 5.74) is -2.18. The normalized spacial score (nSPS) is 11.3. The van der Waals surface area contributed by atoms with Gasteiger partial charge >= 0.3 is 6.18 Å². The highest BCUT2D eigenvalue weighted by molar-refractivity contribution is 9.09. The monoisotopic (exact) mass is 325 g/mol. The molecule has 0 unspecified atom stereocenters. The number of hydrogen-bond donors (Lipinski definition) is 0. The van der Waals surface area contributed by atoms with Crippen molar-refractivity contribution in [2.75, 3.05) is 5.33 Å². The van der Waals surface area contributed by atoms with E-state index in [1.165, 1.54) is 0 Å². The Labute approximate surface area is 108 Å². The summed E-state index contributed by atoms with van der Waals surface area (Å²) in [5, 5.41) is 10.6. The maximum Gasteiger partial charge on any atom is 0.422 e. The fourth-order valence-electron chi connectivity index (χ4n) is 1.35. The number of hydrogen-bond acceptors (Lipinski definition) is 3. The average molecular weight is 326 g/mol. The van der Waals surface area contributed by atoms with E-state index < -0.39 is 22.4 Å². The Bertz CT molecular complexity index is 488. The van der Waals surface area contributed by atoms with Crippen molar-refractivity contribution in [1.82, 2.24) is 0 Å². The van der Waals surface area contributed by atoms with E-state index in [1.807, 2.05) is 0 Å². The number of carbonyl (C=O) groups excluding carboxylic acids is 1. The Kier molecular flexibility index (Phi) is 4.44. The first-order chi connectivity index (χ1) is 8.25. The van der Waals surface area contributed by atoms with Gasteiger partial charge in [0, 0.05) is 12.5 Å². The lowest BCUT2D eigenvalue weighted by Crippen LogP contribution is -2.10. The van der Waals surface area contributed by atoms with Gasteiger partial charge in [0.1, 0.15) is 11.3 Å². The maximum absolute atomic E-state index is 12.5. The quantitative estimate of drug-likeness (QED) is 0.485. The molecule has 0 atom stereocenters. The third-order valence-corrected chi connectivity index (χ3v) is 2.74. The standard InChI is InChI=1S/C10H7BrF3NO3/c11-5-7(16)3-6-1-2-8(10(12,13)14)9(4-6)15(17)18/h1-2,4H,3,5H2.